The van der Waals surface area contributed by atoms with E-state index in [1.807, 2.05) is 36.4 Å². The minimum Gasteiger partial charge on any atom is -0.497 e. The summed E-state index contributed by atoms with van der Waals surface area (Å²) in [5.74, 6) is 1.55. The molecule has 1 unspecified atom stereocenters. The van der Waals surface area contributed by atoms with E-state index in [2.05, 4.69) is 13.8 Å². The van der Waals surface area contributed by atoms with Crippen LogP contribution in [0.3, 0.4) is 0 Å². The number of methoxy groups -OCH3 is 1. The molecule has 4 rings (SSSR count). The predicted molar refractivity (Wildman–Crippen MR) is 108 cm³/mol. The maximum atomic E-state index is 13.2. The third-order valence-corrected chi connectivity index (χ3v) is 5.48. The zero-order valence-corrected chi connectivity index (χ0v) is 17.1. The molecule has 7 heteroatoms. The molecule has 0 aliphatic carbocycles. The SMILES string of the molecule is COc1ccc(C2=NN(C(=O)C[NH+]3C[C@@H](C)O[C@@H](C)C3)[C@H](c3ccco3)C2)cc1. The molecule has 1 N–H and O–H groups in total. The minimum atomic E-state index is -0.218. The fraction of sp³-hybridized carbons (Fsp3) is 0.455. The summed E-state index contributed by atoms with van der Waals surface area (Å²) in [6, 6.07) is 11.3. The smallest absolute Gasteiger partial charge is 0.298 e. The Morgan fingerprint density at radius 1 is 1.21 bits per heavy atom. The largest absolute Gasteiger partial charge is 0.497 e. The first-order valence-electron chi connectivity index (χ1n) is 10.1. The molecule has 2 aromatic rings. The summed E-state index contributed by atoms with van der Waals surface area (Å²) in [6.45, 7) is 6.16. The number of rotatable bonds is 5. The van der Waals surface area contributed by atoms with E-state index in [0.29, 0.717) is 13.0 Å². The molecule has 1 aromatic heterocycles. The number of furan rings is 1. The van der Waals surface area contributed by atoms with Crippen LogP contribution in [0.2, 0.25) is 0 Å². The lowest BCUT2D eigenvalue weighted by Gasteiger charge is -2.32. The van der Waals surface area contributed by atoms with Crippen molar-refractivity contribution in [1.29, 1.82) is 0 Å². The number of carbonyl (C=O) groups is 1. The highest BCUT2D eigenvalue weighted by Gasteiger charge is 2.37. The molecular weight excluding hydrogens is 370 g/mol. The quantitative estimate of drug-likeness (QED) is 0.832. The van der Waals surface area contributed by atoms with Crippen LogP contribution in [0.5, 0.6) is 5.75 Å². The van der Waals surface area contributed by atoms with Gasteiger partial charge in [0, 0.05) is 6.42 Å². The van der Waals surface area contributed by atoms with E-state index in [-0.39, 0.29) is 24.2 Å². The van der Waals surface area contributed by atoms with E-state index < -0.39 is 0 Å². The van der Waals surface area contributed by atoms with Crippen molar-refractivity contribution in [1.82, 2.24) is 5.01 Å². The highest BCUT2D eigenvalue weighted by atomic mass is 16.5. The molecule has 1 fully saturated rings. The first-order chi connectivity index (χ1) is 14.0. The van der Waals surface area contributed by atoms with Gasteiger partial charge in [-0.2, -0.15) is 5.10 Å². The van der Waals surface area contributed by atoms with Gasteiger partial charge in [-0.1, -0.05) is 0 Å². The summed E-state index contributed by atoms with van der Waals surface area (Å²) < 4.78 is 16.7. The second kappa shape index (κ2) is 8.39. The Kier molecular flexibility index (Phi) is 5.69. The standard InChI is InChI=1S/C22H27N3O4/c1-15-12-24(13-16(2)29-15)14-22(26)25-20(21-5-4-10-28-21)11-19(23-25)17-6-8-18(27-3)9-7-17/h4-10,15-16,20H,11-14H2,1-3H3/p+1/t15-,16+,20-/m0/s1. The van der Waals surface area contributed by atoms with E-state index >= 15 is 0 Å². The van der Waals surface area contributed by atoms with Crippen LogP contribution in [0.4, 0.5) is 0 Å². The number of morpholine rings is 1. The first-order valence-corrected chi connectivity index (χ1v) is 10.1. The molecule has 0 spiro atoms. The van der Waals surface area contributed by atoms with E-state index in [9.17, 15) is 4.79 Å². The molecular formula is C22H28N3O4+. The van der Waals surface area contributed by atoms with Crippen molar-refractivity contribution in [3.8, 4) is 5.75 Å². The number of benzene rings is 1. The second-order valence-electron chi connectivity index (χ2n) is 7.84. The highest BCUT2D eigenvalue weighted by molar-refractivity contribution is 6.03. The van der Waals surface area contributed by atoms with Crippen molar-refractivity contribution in [2.75, 3.05) is 26.7 Å². The summed E-state index contributed by atoms with van der Waals surface area (Å²) in [5, 5.41) is 6.32. The van der Waals surface area contributed by atoms with Gasteiger partial charge in [0.05, 0.1) is 19.1 Å². The Labute approximate surface area is 170 Å². The summed E-state index contributed by atoms with van der Waals surface area (Å²) in [4.78, 5) is 14.4. The maximum Gasteiger partial charge on any atom is 0.298 e. The molecule has 0 radical (unpaired) electrons. The van der Waals surface area contributed by atoms with Crippen molar-refractivity contribution in [3.63, 3.8) is 0 Å². The van der Waals surface area contributed by atoms with Gasteiger partial charge in [-0.05, 0) is 55.8 Å². The van der Waals surface area contributed by atoms with Crippen LogP contribution >= 0.6 is 0 Å². The van der Waals surface area contributed by atoms with E-state index in [1.165, 1.54) is 4.90 Å². The maximum absolute atomic E-state index is 13.2. The summed E-state index contributed by atoms with van der Waals surface area (Å²) in [7, 11) is 1.64. The van der Waals surface area contributed by atoms with Gasteiger partial charge >= 0.3 is 0 Å². The van der Waals surface area contributed by atoms with Gasteiger partial charge in [-0.25, -0.2) is 5.01 Å². The minimum absolute atomic E-state index is 0.00575. The van der Waals surface area contributed by atoms with Crippen molar-refractivity contribution >= 4 is 11.6 Å². The highest BCUT2D eigenvalue weighted by Crippen LogP contribution is 2.33. The third-order valence-electron chi connectivity index (χ3n) is 5.48. The molecule has 1 aromatic carbocycles. The molecule has 1 amide bonds. The Bertz CT molecular complexity index is 853. The molecule has 7 nitrogen and oxygen atoms in total. The fourth-order valence-electron chi connectivity index (χ4n) is 4.23. The molecule has 4 atom stereocenters. The van der Waals surface area contributed by atoms with Crippen molar-refractivity contribution in [3.05, 3.63) is 54.0 Å². The number of nitrogens with zero attached hydrogens (tertiary/aromatic N) is 2. The molecule has 2 aliphatic rings. The third kappa shape index (κ3) is 4.36. The summed E-state index contributed by atoms with van der Waals surface area (Å²) >= 11 is 0. The van der Waals surface area contributed by atoms with Crippen molar-refractivity contribution < 1.29 is 23.6 Å². The Morgan fingerprint density at radius 3 is 2.55 bits per heavy atom. The number of hydrazone groups is 1. The van der Waals surface area contributed by atoms with Crippen LogP contribution in [0, 0.1) is 0 Å². The van der Waals surface area contributed by atoms with Gasteiger partial charge in [-0.3, -0.25) is 4.79 Å². The van der Waals surface area contributed by atoms with Crippen LogP contribution in [0.15, 0.2) is 52.2 Å². The second-order valence-corrected chi connectivity index (χ2v) is 7.84. The fourth-order valence-corrected chi connectivity index (χ4v) is 4.23. The van der Waals surface area contributed by atoms with Gasteiger partial charge < -0.3 is 18.8 Å². The Balaban J connectivity index is 1.55. The zero-order valence-electron chi connectivity index (χ0n) is 17.1. The number of quaternary nitrogens is 1. The number of nitrogens with one attached hydrogen (secondary N) is 1. The number of carbonyl (C=O) groups excluding carboxylic acids is 1. The number of hydrogen-bond donors (Lipinski definition) is 1. The van der Waals surface area contributed by atoms with Gasteiger partial charge in [0.25, 0.3) is 5.91 Å². The average Bonchev–Trinajstić information content (AvgIpc) is 3.37. The van der Waals surface area contributed by atoms with Crippen LogP contribution < -0.4 is 9.64 Å². The molecule has 29 heavy (non-hydrogen) atoms. The van der Waals surface area contributed by atoms with E-state index in [1.54, 1.807) is 18.4 Å². The molecule has 1 saturated heterocycles. The van der Waals surface area contributed by atoms with Crippen LogP contribution in [-0.2, 0) is 9.53 Å². The summed E-state index contributed by atoms with van der Waals surface area (Å²) in [5.41, 5.74) is 1.86. The summed E-state index contributed by atoms with van der Waals surface area (Å²) in [6.07, 6.45) is 2.57. The van der Waals surface area contributed by atoms with Crippen LogP contribution in [0.1, 0.15) is 37.6 Å². The van der Waals surface area contributed by atoms with Gasteiger partial charge in [-0.15, -0.1) is 0 Å². The molecule has 2 aliphatic heterocycles. The lowest BCUT2D eigenvalue weighted by atomic mass is 10.0. The monoisotopic (exact) mass is 398 g/mol. The predicted octanol–water partition coefficient (Wildman–Crippen LogP) is 1.66. The van der Waals surface area contributed by atoms with E-state index in [0.717, 1.165) is 35.9 Å². The van der Waals surface area contributed by atoms with Crippen LogP contribution in [-0.4, -0.2) is 55.6 Å². The Hall–Kier alpha value is -2.64. The van der Waals surface area contributed by atoms with Gasteiger partial charge in [0.15, 0.2) is 6.54 Å². The Morgan fingerprint density at radius 2 is 1.93 bits per heavy atom. The van der Waals surface area contributed by atoms with Crippen molar-refractivity contribution in [2.45, 2.75) is 38.5 Å². The van der Waals surface area contributed by atoms with Crippen molar-refractivity contribution in [2.24, 2.45) is 5.10 Å². The van der Waals surface area contributed by atoms with Gasteiger partial charge in [0.1, 0.15) is 42.8 Å². The topological polar surface area (TPSA) is 68.7 Å². The number of ether oxygens (including phenoxy) is 2. The number of amides is 1. The zero-order chi connectivity index (χ0) is 20.4. The van der Waals surface area contributed by atoms with E-state index in [4.69, 9.17) is 19.0 Å². The van der Waals surface area contributed by atoms with Crippen LogP contribution in [0.25, 0.3) is 0 Å². The normalized spacial score (nSPS) is 27.0. The molecule has 3 heterocycles. The first kappa shape index (κ1) is 19.7. The average molecular weight is 398 g/mol. The van der Waals surface area contributed by atoms with Gasteiger partial charge in [0.2, 0.25) is 0 Å². The molecule has 154 valence electrons. The lowest BCUT2D eigenvalue weighted by molar-refractivity contribution is -0.907. The number of hydrogen-bond acceptors (Lipinski definition) is 5. The molecule has 0 saturated carbocycles. The molecule has 0 bridgehead atoms. The lowest BCUT2D eigenvalue weighted by Crippen LogP contribution is -3.16.